The zero-order valence-electron chi connectivity index (χ0n) is 11.5. The summed E-state index contributed by atoms with van der Waals surface area (Å²) in [5.41, 5.74) is 2.22. The second kappa shape index (κ2) is 8.37. The van der Waals surface area contributed by atoms with E-state index >= 15 is 0 Å². The van der Waals surface area contributed by atoms with Crippen LogP contribution in [0.1, 0.15) is 17.5 Å². The third-order valence-corrected chi connectivity index (χ3v) is 2.79. The van der Waals surface area contributed by atoms with Gasteiger partial charge in [0.25, 0.3) is 0 Å². The number of carbonyl (C=O) groups excluding carboxylic acids is 1. The Morgan fingerprint density at radius 1 is 1.32 bits per heavy atom. The van der Waals surface area contributed by atoms with E-state index in [-0.39, 0.29) is 12.6 Å². The van der Waals surface area contributed by atoms with Gasteiger partial charge in [-0.05, 0) is 37.0 Å². The molecule has 1 aromatic rings. The normalized spacial score (nSPS) is 10.1. The fraction of sp³-hybridized carbons (Fsp3) is 0.500. The van der Waals surface area contributed by atoms with Crippen LogP contribution in [0, 0.1) is 6.92 Å². The molecule has 3 N–H and O–H groups in total. The summed E-state index contributed by atoms with van der Waals surface area (Å²) in [6.45, 7) is 3.14. The number of ether oxygens (including phenoxy) is 1. The van der Waals surface area contributed by atoms with Crippen LogP contribution in [0.4, 0.5) is 4.79 Å². The maximum absolute atomic E-state index is 11.4. The van der Waals surface area contributed by atoms with E-state index in [1.165, 1.54) is 0 Å². The minimum atomic E-state index is -0.201. The molecule has 0 aliphatic carbocycles. The number of hydrogen-bond donors (Lipinski definition) is 3. The summed E-state index contributed by atoms with van der Waals surface area (Å²) in [5.74, 6) is 0.866. The first-order valence-corrected chi connectivity index (χ1v) is 6.43. The molecule has 106 valence electrons. The van der Waals surface area contributed by atoms with Gasteiger partial charge in [-0.2, -0.15) is 0 Å². The minimum absolute atomic E-state index is 0.0867. The molecule has 0 aliphatic heterocycles. The van der Waals surface area contributed by atoms with Crippen LogP contribution in [-0.2, 0) is 6.42 Å². The molecule has 5 heteroatoms. The highest BCUT2D eigenvalue weighted by Gasteiger charge is 2.02. The molecule has 0 saturated carbocycles. The molecule has 0 fully saturated rings. The molecule has 0 heterocycles. The molecule has 5 nitrogen and oxygen atoms in total. The fourth-order valence-corrected chi connectivity index (χ4v) is 1.68. The van der Waals surface area contributed by atoms with Crippen LogP contribution in [0.2, 0.25) is 0 Å². The maximum atomic E-state index is 11.4. The van der Waals surface area contributed by atoms with E-state index < -0.39 is 0 Å². The summed E-state index contributed by atoms with van der Waals surface area (Å²) >= 11 is 0. The largest absolute Gasteiger partial charge is 0.496 e. The highest BCUT2D eigenvalue weighted by Crippen LogP contribution is 2.18. The standard InChI is InChI=1S/C14H22N2O3/c1-11-4-5-12(10-13(11)19-2)6-8-16-14(18)15-7-3-9-17/h4-5,10,17H,3,6-9H2,1-2H3,(H2,15,16,18). The molecular weight excluding hydrogens is 244 g/mol. The minimum Gasteiger partial charge on any atom is -0.496 e. The number of amides is 2. The quantitative estimate of drug-likeness (QED) is 0.650. The molecule has 0 spiro atoms. The van der Waals surface area contributed by atoms with Gasteiger partial charge < -0.3 is 20.5 Å². The number of benzene rings is 1. The zero-order valence-corrected chi connectivity index (χ0v) is 11.5. The van der Waals surface area contributed by atoms with E-state index in [1.54, 1.807) is 7.11 Å². The fourth-order valence-electron chi connectivity index (χ4n) is 1.68. The Morgan fingerprint density at radius 3 is 2.74 bits per heavy atom. The van der Waals surface area contributed by atoms with Gasteiger partial charge in [0.1, 0.15) is 5.75 Å². The van der Waals surface area contributed by atoms with E-state index in [1.807, 2.05) is 25.1 Å². The van der Waals surface area contributed by atoms with Crippen molar-refractivity contribution >= 4 is 6.03 Å². The van der Waals surface area contributed by atoms with Crippen LogP contribution < -0.4 is 15.4 Å². The number of urea groups is 1. The molecule has 0 saturated heterocycles. The summed E-state index contributed by atoms with van der Waals surface area (Å²) in [6.07, 6.45) is 1.33. The van der Waals surface area contributed by atoms with Gasteiger partial charge in [0.2, 0.25) is 0 Å². The molecule has 0 radical (unpaired) electrons. The average Bonchev–Trinajstić information content (AvgIpc) is 2.41. The molecule has 0 aromatic heterocycles. The van der Waals surface area contributed by atoms with E-state index in [9.17, 15) is 4.79 Å². The monoisotopic (exact) mass is 266 g/mol. The summed E-state index contributed by atoms with van der Waals surface area (Å²) in [5, 5.41) is 14.0. The number of aryl methyl sites for hydroxylation is 1. The lowest BCUT2D eigenvalue weighted by molar-refractivity contribution is 0.238. The number of aliphatic hydroxyl groups is 1. The van der Waals surface area contributed by atoms with Crippen molar-refractivity contribution in [1.82, 2.24) is 10.6 Å². The maximum Gasteiger partial charge on any atom is 0.314 e. The van der Waals surface area contributed by atoms with Crippen LogP contribution in [-0.4, -0.2) is 37.9 Å². The van der Waals surface area contributed by atoms with Crippen molar-refractivity contribution in [2.24, 2.45) is 0 Å². The van der Waals surface area contributed by atoms with Crippen molar-refractivity contribution in [3.63, 3.8) is 0 Å². The van der Waals surface area contributed by atoms with Crippen LogP contribution in [0.5, 0.6) is 5.75 Å². The van der Waals surface area contributed by atoms with Gasteiger partial charge in [0.15, 0.2) is 0 Å². The van der Waals surface area contributed by atoms with Crippen molar-refractivity contribution in [2.75, 3.05) is 26.8 Å². The van der Waals surface area contributed by atoms with Gasteiger partial charge in [-0.15, -0.1) is 0 Å². The predicted octanol–water partition coefficient (Wildman–Crippen LogP) is 1.23. The summed E-state index contributed by atoms with van der Waals surface area (Å²) in [6, 6.07) is 5.83. The lowest BCUT2D eigenvalue weighted by Crippen LogP contribution is -2.37. The van der Waals surface area contributed by atoms with Gasteiger partial charge in [0.05, 0.1) is 7.11 Å². The molecule has 19 heavy (non-hydrogen) atoms. The van der Waals surface area contributed by atoms with Crippen LogP contribution in [0.25, 0.3) is 0 Å². The molecule has 0 unspecified atom stereocenters. The molecule has 1 aromatic carbocycles. The third kappa shape index (κ3) is 5.61. The Hall–Kier alpha value is -1.75. The molecule has 1 rings (SSSR count). The highest BCUT2D eigenvalue weighted by atomic mass is 16.5. The first kappa shape index (κ1) is 15.3. The number of methoxy groups -OCH3 is 1. The highest BCUT2D eigenvalue weighted by molar-refractivity contribution is 5.73. The molecule has 2 amide bonds. The average molecular weight is 266 g/mol. The van der Waals surface area contributed by atoms with Crippen LogP contribution >= 0.6 is 0 Å². The van der Waals surface area contributed by atoms with Crippen molar-refractivity contribution in [1.29, 1.82) is 0 Å². The number of aliphatic hydroxyl groups excluding tert-OH is 1. The lowest BCUT2D eigenvalue weighted by Gasteiger charge is -2.09. The SMILES string of the molecule is COc1cc(CCNC(=O)NCCCO)ccc1C. The van der Waals surface area contributed by atoms with Gasteiger partial charge in [-0.25, -0.2) is 4.79 Å². The third-order valence-electron chi connectivity index (χ3n) is 2.79. The Balaban J connectivity index is 2.31. The second-order valence-electron chi connectivity index (χ2n) is 4.31. The first-order chi connectivity index (χ1) is 9.17. The lowest BCUT2D eigenvalue weighted by atomic mass is 10.1. The van der Waals surface area contributed by atoms with E-state index in [4.69, 9.17) is 9.84 Å². The van der Waals surface area contributed by atoms with E-state index in [2.05, 4.69) is 10.6 Å². The van der Waals surface area contributed by atoms with Crippen LogP contribution in [0.3, 0.4) is 0 Å². The summed E-state index contributed by atoms with van der Waals surface area (Å²) in [4.78, 5) is 11.4. The zero-order chi connectivity index (χ0) is 14.1. The van der Waals surface area contributed by atoms with Crippen molar-refractivity contribution in [3.05, 3.63) is 29.3 Å². The topological polar surface area (TPSA) is 70.6 Å². The summed E-state index contributed by atoms with van der Waals surface area (Å²) in [7, 11) is 1.65. The Kier molecular flexibility index (Phi) is 6.74. The Bertz CT molecular complexity index is 408. The first-order valence-electron chi connectivity index (χ1n) is 6.43. The van der Waals surface area contributed by atoms with Gasteiger partial charge in [-0.1, -0.05) is 12.1 Å². The molecule has 0 bridgehead atoms. The summed E-state index contributed by atoms with van der Waals surface area (Å²) < 4.78 is 5.26. The van der Waals surface area contributed by atoms with Crippen molar-refractivity contribution in [3.8, 4) is 5.75 Å². The molecular formula is C14H22N2O3. The number of nitrogens with one attached hydrogen (secondary N) is 2. The van der Waals surface area contributed by atoms with E-state index in [0.29, 0.717) is 19.5 Å². The smallest absolute Gasteiger partial charge is 0.314 e. The van der Waals surface area contributed by atoms with Crippen molar-refractivity contribution < 1.29 is 14.6 Å². The predicted molar refractivity (Wildman–Crippen MR) is 74.5 cm³/mol. The second-order valence-corrected chi connectivity index (χ2v) is 4.31. The van der Waals surface area contributed by atoms with Gasteiger partial charge in [0, 0.05) is 19.7 Å². The molecule has 0 atom stereocenters. The number of carbonyl (C=O) groups is 1. The van der Waals surface area contributed by atoms with Crippen LogP contribution in [0.15, 0.2) is 18.2 Å². The van der Waals surface area contributed by atoms with Gasteiger partial charge in [-0.3, -0.25) is 0 Å². The van der Waals surface area contributed by atoms with Crippen molar-refractivity contribution in [2.45, 2.75) is 19.8 Å². The van der Waals surface area contributed by atoms with E-state index in [0.717, 1.165) is 23.3 Å². The number of hydrogen-bond acceptors (Lipinski definition) is 3. The molecule has 0 aliphatic rings. The Morgan fingerprint density at radius 2 is 2.05 bits per heavy atom. The van der Waals surface area contributed by atoms with Gasteiger partial charge >= 0.3 is 6.03 Å². The number of rotatable bonds is 7. The Labute approximate surface area is 114 Å².